The van der Waals surface area contributed by atoms with Gasteiger partial charge in [-0.1, -0.05) is 0 Å². The minimum Gasteiger partial charge on any atom is -0.482 e. The fourth-order valence-corrected chi connectivity index (χ4v) is 4.00. The van der Waals surface area contributed by atoms with Gasteiger partial charge in [-0.25, -0.2) is 0 Å². The molecule has 8 heteroatoms. The van der Waals surface area contributed by atoms with Gasteiger partial charge in [0.2, 0.25) is 11.8 Å². The molecule has 148 valence electrons. The second kappa shape index (κ2) is 7.61. The van der Waals surface area contributed by atoms with Crippen LogP contribution in [0.15, 0.2) is 18.2 Å². The van der Waals surface area contributed by atoms with E-state index in [0.717, 1.165) is 6.42 Å². The molecule has 0 bridgehead atoms. The van der Waals surface area contributed by atoms with Gasteiger partial charge in [0.05, 0.1) is 12.2 Å². The van der Waals surface area contributed by atoms with Crippen LogP contribution in [0.25, 0.3) is 0 Å². The number of hydrogen-bond acceptors (Lipinski definition) is 5. The zero-order valence-corrected chi connectivity index (χ0v) is 15.6. The van der Waals surface area contributed by atoms with Crippen LogP contribution >= 0.6 is 0 Å². The molecule has 2 saturated heterocycles. The summed E-state index contributed by atoms with van der Waals surface area (Å²) < 4.78 is 5.32. The van der Waals surface area contributed by atoms with Gasteiger partial charge in [0.15, 0.2) is 12.4 Å². The lowest BCUT2D eigenvalue weighted by Crippen LogP contribution is -2.45. The molecular formula is C20H23N3O5. The highest BCUT2D eigenvalue weighted by Gasteiger charge is 2.30. The molecule has 3 heterocycles. The number of rotatable bonds is 4. The molecule has 0 spiro atoms. The van der Waals surface area contributed by atoms with Gasteiger partial charge in [-0.2, -0.15) is 0 Å². The van der Waals surface area contributed by atoms with Crippen molar-refractivity contribution in [3.8, 4) is 5.75 Å². The first-order chi connectivity index (χ1) is 13.5. The fraction of sp³-hybridized carbons (Fsp3) is 0.500. The number of nitrogens with one attached hydrogen (secondary N) is 1. The molecule has 3 aliphatic heterocycles. The number of Topliss-reactive ketones (excluding diaryl/α,β-unsaturated/α-hetero) is 1. The minimum atomic E-state index is -0.236. The summed E-state index contributed by atoms with van der Waals surface area (Å²) in [5.41, 5.74) is 1.06. The molecular weight excluding hydrogens is 362 g/mol. The van der Waals surface area contributed by atoms with E-state index in [1.165, 1.54) is 0 Å². The molecule has 3 amide bonds. The Bertz CT molecular complexity index is 829. The molecule has 0 radical (unpaired) electrons. The zero-order valence-electron chi connectivity index (χ0n) is 15.6. The number of carbonyl (C=O) groups excluding carboxylic acids is 4. The normalized spacial score (nSPS) is 19.9. The molecule has 0 unspecified atom stereocenters. The first-order valence-corrected chi connectivity index (χ1v) is 9.68. The molecule has 1 aromatic rings. The number of ether oxygens (including phenoxy) is 1. The highest BCUT2D eigenvalue weighted by atomic mass is 16.5. The second-order valence-corrected chi connectivity index (χ2v) is 7.49. The van der Waals surface area contributed by atoms with Crippen LogP contribution in [-0.4, -0.2) is 66.1 Å². The van der Waals surface area contributed by atoms with Crippen LogP contribution in [0, 0.1) is 5.92 Å². The summed E-state index contributed by atoms with van der Waals surface area (Å²) in [4.78, 5) is 51.8. The Labute approximate surface area is 162 Å². The van der Waals surface area contributed by atoms with Crippen molar-refractivity contribution in [1.29, 1.82) is 0 Å². The van der Waals surface area contributed by atoms with Gasteiger partial charge >= 0.3 is 0 Å². The van der Waals surface area contributed by atoms with Gasteiger partial charge < -0.3 is 19.9 Å². The van der Waals surface area contributed by atoms with E-state index in [2.05, 4.69) is 5.32 Å². The monoisotopic (exact) mass is 385 g/mol. The van der Waals surface area contributed by atoms with Crippen LogP contribution < -0.4 is 10.1 Å². The van der Waals surface area contributed by atoms with Crippen LogP contribution in [0.2, 0.25) is 0 Å². The molecule has 2 fully saturated rings. The van der Waals surface area contributed by atoms with E-state index in [1.54, 1.807) is 28.0 Å². The molecule has 3 aliphatic rings. The van der Waals surface area contributed by atoms with Crippen LogP contribution in [-0.2, 0) is 14.4 Å². The Morgan fingerprint density at radius 2 is 1.93 bits per heavy atom. The lowest BCUT2D eigenvalue weighted by Gasteiger charge is -2.32. The summed E-state index contributed by atoms with van der Waals surface area (Å²) in [6.07, 6.45) is 2.53. The number of nitrogens with zero attached hydrogens (tertiary/aromatic N) is 2. The molecule has 0 saturated carbocycles. The van der Waals surface area contributed by atoms with Crippen LogP contribution in [0.4, 0.5) is 5.69 Å². The van der Waals surface area contributed by atoms with E-state index >= 15 is 0 Å². The largest absolute Gasteiger partial charge is 0.482 e. The van der Waals surface area contributed by atoms with Crippen molar-refractivity contribution in [3.05, 3.63) is 23.8 Å². The summed E-state index contributed by atoms with van der Waals surface area (Å²) in [6, 6.07) is 5.08. The smallest absolute Gasteiger partial charge is 0.262 e. The number of ketones is 1. The summed E-state index contributed by atoms with van der Waals surface area (Å²) >= 11 is 0. The molecule has 28 heavy (non-hydrogen) atoms. The average Bonchev–Trinajstić information content (AvgIpc) is 3.11. The van der Waals surface area contributed by atoms with Gasteiger partial charge in [-0.05, 0) is 37.5 Å². The summed E-state index contributed by atoms with van der Waals surface area (Å²) in [5.74, 6) is 0.185. The quantitative estimate of drug-likeness (QED) is 0.782. The van der Waals surface area contributed by atoms with Crippen LogP contribution in [0.1, 0.15) is 36.0 Å². The van der Waals surface area contributed by atoms with E-state index in [1.807, 2.05) is 0 Å². The number of fused-ring (bicyclic) bond motifs is 1. The molecule has 1 N–H and O–H groups in total. The Kier molecular flexibility index (Phi) is 5.02. The lowest BCUT2D eigenvalue weighted by molar-refractivity contribution is -0.139. The first-order valence-electron chi connectivity index (χ1n) is 9.68. The third-order valence-corrected chi connectivity index (χ3v) is 5.61. The predicted molar refractivity (Wildman–Crippen MR) is 100 cm³/mol. The SMILES string of the molecule is O=C1COc2ccc(C(=O)C3CCN(C(=O)CN4CCCC4=O)CC3)cc2N1. The maximum Gasteiger partial charge on any atom is 0.262 e. The van der Waals surface area contributed by atoms with Crippen molar-refractivity contribution in [1.82, 2.24) is 9.80 Å². The van der Waals surface area contributed by atoms with Crippen molar-refractivity contribution in [2.75, 3.05) is 38.1 Å². The number of anilines is 1. The van der Waals surface area contributed by atoms with E-state index < -0.39 is 0 Å². The standard InChI is InChI=1S/C20H23N3O5/c24-17-12-28-16-4-3-14(10-15(16)21-17)20(27)13-5-8-22(9-6-13)19(26)11-23-7-1-2-18(23)25/h3-4,10,13H,1-2,5-9,11-12H2,(H,21,24). The Hall–Kier alpha value is -2.90. The third kappa shape index (κ3) is 3.72. The zero-order chi connectivity index (χ0) is 19.7. The first kappa shape index (κ1) is 18.5. The van der Waals surface area contributed by atoms with Crippen LogP contribution in [0.5, 0.6) is 5.75 Å². The lowest BCUT2D eigenvalue weighted by atomic mass is 9.88. The third-order valence-electron chi connectivity index (χ3n) is 5.61. The van der Waals surface area contributed by atoms with Crippen molar-refractivity contribution in [2.45, 2.75) is 25.7 Å². The highest BCUT2D eigenvalue weighted by molar-refractivity contribution is 6.01. The minimum absolute atomic E-state index is 0.0180. The topological polar surface area (TPSA) is 96.0 Å². The van der Waals surface area contributed by atoms with E-state index in [9.17, 15) is 19.2 Å². The van der Waals surface area contributed by atoms with E-state index in [0.29, 0.717) is 55.9 Å². The molecule has 1 aromatic carbocycles. The van der Waals surface area contributed by atoms with Gasteiger partial charge in [0.25, 0.3) is 5.91 Å². The number of likely N-dealkylation sites (tertiary alicyclic amines) is 2. The van der Waals surface area contributed by atoms with Gasteiger partial charge in [0.1, 0.15) is 5.75 Å². The Morgan fingerprint density at radius 1 is 1.14 bits per heavy atom. The van der Waals surface area contributed by atoms with Crippen molar-refractivity contribution in [2.24, 2.45) is 5.92 Å². The summed E-state index contributed by atoms with van der Waals surface area (Å²) in [7, 11) is 0. The number of piperidine rings is 1. The van der Waals surface area contributed by atoms with Gasteiger partial charge in [-0.15, -0.1) is 0 Å². The van der Waals surface area contributed by atoms with Crippen molar-refractivity contribution >= 4 is 29.2 Å². The summed E-state index contributed by atoms with van der Waals surface area (Å²) in [6.45, 7) is 1.81. The Balaban J connectivity index is 1.34. The summed E-state index contributed by atoms with van der Waals surface area (Å²) in [5, 5.41) is 2.72. The van der Waals surface area contributed by atoms with Gasteiger partial charge in [0, 0.05) is 37.5 Å². The molecule has 8 nitrogen and oxygen atoms in total. The molecule has 4 rings (SSSR count). The van der Waals surface area contributed by atoms with Gasteiger partial charge in [-0.3, -0.25) is 19.2 Å². The average molecular weight is 385 g/mol. The van der Waals surface area contributed by atoms with E-state index in [4.69, 9.17) is 4.74 Å². The number of carbonyl (C=O) groups is 4. The number of benzene rings is 1. The highest BCUT2D eigenvalue weighted by Crippen LogP contribution is 2.30. The predicted octanol–water partition coefficient (Wildman–Crippen LogP) is 1.06. The maximum atomic E-state index is 12.9. The van der Waals surface area contributed by atoms with Crippen LogP contribution in [0.3, 0.4) is 0 Å². The number of hydrogen-bond donors (Lipinski definition) is 1. The fourth-order valence-electron chi connectivity index (χ4n) is 4.00. The maximum absolute atomic E-state index is 12.9. The molecule has 0 atom stereocenters. The van der Waals surface area contributed by atoms with Crippen molar-refractivity contribution in [3.63, 3.8) is 0 Å². The molecule has 0 aromatic heterocycles. The molecule has 0 aliphatic carbocycles. The van der Waals surface area contributed by atoms with E-state index in [-0.39, 0.29) is 42.6 Å². The Morgan fingerprint density at radius 3 is 2.64 bits per heavy atom. The van der Waals surface area contributed by atoms with Crippen molar-refractivity contribution < 1.29 is 23.9 Å². The number of amides is 3. The second-order valence-electron chi connectivity index (χ2n) is 7.49.